The van der Waals surface area contributed by atoms with Crippen molar-refractivity contribution in [3.05, 3.63) is 34.3 Å². The molecule has 1 saturated carbocycles. The van der Waals surface area contributed by atoms with Gasteiger partial charge in [0.25, 0.3) is 0 Å². The Balaban J connectivity index is 1.84. The Kier molecular flexibility index (Phi) is 7.05. The van der Waals surface area contributed by atoms with E-state index >= 15 is 0 Å². The maximum atomic E-state index is 6.14. The summed E-state index contributed by atoms with van der Waals surface area (Å²) in [5.41, 5.74) is 1.26. The van der Waals surface area contributed by atoms with Gasteiger partial charge in [-0.3, -0.25) is 0 Å². The van der Waals surface area contributed by atoms with Crippen LogP contribution in [0.3, 0.4) is 0 Å². The lowest BCUT2D eigenvalue weighted by Gasteiger charge is -2.20. The van der Waals surface area contributed by atoms with Crippen LogP contribution in [0.4, 0.5) is 0 Å². The summed E-state index contributed by atoms with van der Waals surface area (Å²) in [5.74, 6) is 0. The van der Waals surface area contributed by atoms with Gasteiger partial charge in [0.2, 0.25) is 0 Å². The second kappa shape index (κ2) is 8.81. The van der Waals surface area contributed by atoms with Crippen LogP contribution < -0.4 is 5.32 Å². The molecule has 1 aromatic rings. The SMILES string of the molecule is CCCCCCOC(CNC1CC1)c1ccccc1Br. The Labute approximate surface area is 131 Å². The summed E-state index contributed by atoms with van der Waals surface area (Å²) in [6.45, 7) is 4.02. The summed E-state index contributed by atoms with van der Waals surface area (Å²) in [6, 6.07) is 9.13. The van der Waals surface area contributed by atoms with Gasteiger partial charge in [-0.15, -0.1) is 0 Å². The van der Waals surface area contributed by atoms with Gasteiger partial charge in [-0.2, -0.15) is 0 Å². The van der Waals surface area contributed by atoms with Crippen molar-refractivity contribution in [3.63, 3.8) is 0 Å². The molecule has 1 fully saturated rings. The van der Waals surface area contributed by atoms with Gasteiger partial charge in [-0.25, -0.2) is 0 Å². The van der Waals surface area contributed by atoms with Crippen molar-refractivity contribution < 1.29 is 4.74 Å². The van der Waals surface area contributed by atoms with Crippen molar-refractivity contribution in [2.24, 2.45) is 0 Å². The zero-order valence-corrected chi connectivity index (χ0v) is 14.0. The van der Waals surface area contributed by atoms with E-state index in [0.717, 1.165) is 30.1 Å². The van der Waals surface area contributed by atoms with Crippen LogP contribution in [0.2, 0.25) is 0 Å². The second-order valence-corrected chi connectivity index (χ2v) is 6.48. The minimum atomic E-state index is 0.160. The van der Waals surface area contributed by atoms with Crippen molar-refractivity contribution in [2.75, 3.05) is 13.2 Å². The average Bonchev–Trinajstić information content (AvgIpc) is 3.27. The molecule has 1 atom stereocenters. The molecule has 1 aliphatic carbocycles. The third-order valence-electron chi connectivity index (χ3n) is 3.74. The summed E-state index contributed by atoms with van der Waals surface area (Å²) >= 11 is 3.65. The van der Waals surface area contributed by atoms with E-state index in [1.165, 1.54) is 37.7 Å². The molecule has 1 unspecified atom stereocenters. The highest BCUT2D eigenvalue weighted by Crippen LogP contribution is 2.27. The first-order chi connectivity index (χ1) is 9.81. The van der Waals surface area contributed by atoms with Crippen LogP contribution in [0.15, 0.2) is 28.7 Å². The largest absolute Gasteiger partial charge is 0.372 e. The van der Waals surface area contributed by atoms with Crippen molar-refractivity contribution >= 4 is 15.9 Å². The van der Waals surface area contributed by atoms with E-state index in [9.17, 15) is 0 Å². The standard InChI is InChI=1S/C17H26BrNO/c1-2-3-4-7-12-20-17(13-19-14-10-11-14)15-8-5-6-9-16(15)18/h5-6,8-9,14,17,19H,2-4,7,10-13H2,1H3. The molecule has 2 rings (SSSR count). The lowest BCUT2D eigenvalue weighted by Crippen LogP contribution is -2.25. The molecule has 0 saturated heterocycles. The van der Waals surface area contributed by atoms with Gasteiger partial charge >= 0.3 is 0 Å². The first kappa shape index (κ1) is 16.0. The quantitative estimate of drug-likeness (QED) is 0.616. The smallest absolute Gasteiger partial charge is 0.0960 e. The van der Waals surface area contributed by atoms with E-state index in [-0.39, 0.29) is 6.10 Å². The molecule has 0 radical (unpaired) electrons. The van der Waals surface area contributed by atoms with Crippen molar-refractivity contribution in [1.82, 2.24) is 5.32 Å². The number of hydrogen-bond acceptors (Lipinski definition) is 2. The zero-order chi connectivity index (χ0) is 14.2. The summed E-state index contributed by atoms with van der Waals surface area (Å²) in [5, 5.41) is 3.59. The number of nitrogens with one attached hydrogen (secondary N) is 1. The fraction of sp³-hybridized carbons (Fsp3) is 0.647. The number of unbranched alkanes of at least 4 members (excludes halogenated alkanes) is 3. The molecular formula is C17H26BrNO. The molecule has 2 nitrogen and oxygen atoms in total. The van der Waals surface area contributed by atoms with Crippen molar-refractivity contribution in [1.29, 1.82) is 0 Å². The first-order valence-corrected chi connectivity index (χ1v) is 8.70. The molecule has 112 valence electrons. The van der Waals surface area contributed by atoms with Gasteiger partial charge in [-0.05, 0) is 30.9 Å². The van der Waals surface area contributed by atoms with Gasteiger partial charge in [0, 0.05) is 23.7 Å². The molecule has 1 N–H and O–H groups in total. The molecular weight excluding hydrogens is 314 g/mol. The van der Waals surface area contributed by atoms with Crippen molar-refractivity contribution in [2.45, 2.75) is 57.6 Å². The molecule has 3 heteroatoms. The Bertz CT molecular complexity index is 392. The maximum Gasteiger partial charge on any atom is 0.0960 e. The molecule has 20 heavy (non-hydrogen) atoms. The topological polar surface area (TPSA) is 21.3 Å². The molecule has 1 aliphatic rings. The first-order valence-electron chi connectivity index (χ1n) is 7.90. The van der Waals surface area contributed by atoms with Crippen LogP contribution in [-0.4, -0.2) is 19.2 Å². The Morgan fingerprint density at radius 2 is 2.05 bits per heavy atom. The lowest BCUT2D eigenvalue weighted by atomic mass is 10.1. The number of ether oxygens (including phenoxy) is 1. The molecule has 1 aromatic carbocycles. The zero-order valence-electron chi connectivity index (χ0n) is 12.4. The van der Waals surface area contributed by atoms with E-state index < -0.39 is 0 Å². The summed E-state index contributed by atoms with van der Waals surface area (Å²) in [6.07, 6.45) is 7.82. The van der Waals surface area contributed by atoms with Crippen LogP contribution in [0.1, 0.15) is 57.1 Å². The monoisotopic (exact) mass is 339 g/mol. The minimum absolute atomic E-state index is 0.160. The fourth-order valence-electron chi connectivity index (χ4n) is 2.31. The Morgan fingerprint density at radius 1 is 1.25 bits per heavy atom. The third-order valence-corrected chi connectivity index (χ3v) is 4.46. The Hall–Kier alpha value is -0.380. The normalized spacial score (nSPS) is 16.3. The number of halogens is 1. The predicted molar refractivity (Wildman–Crippen MR) is 88.0 cm³/mol. The van der Waals surface area contributed by atoms with E-state index in [0.29, 0.717) is 0 Å². The molecule has 0 bridgehead atoms. The number of benzene rings is 1. The van der Waals surface area contributed by atoms with E-state index in [1.807, 2.05) is 0 Å². The van der Waals surface area contributed by atoms with Gasteiger partial charge in [0.1, 0.15) is 0 Å². The number of rotatable bonds is 10. The van der Waals surface area contributed by atoms with Crippen LogP contribution in [0.25, 0.3) is 0 Å². The van der Waals surface area contributed by atoms with E-state index in [1.54, 1.807) is 0 Å². The molecule has 0 spiro atoms. The van der Waals surface area contributed by atoms with Crippen LogP contribution in [0.5, 0.6) is 0 Å². The van der Waals surface area contributed by atoms with Crippen LogP contribution in [0, 0.1) is 0 Å². The van der Waals surface area contributed by atoms with Gasteiger partial charge in [0.05, 0.1) is 6.10 Å². The maximum absolute atomic E-state index is 6.14. The van der Waals surface area contributed by atoms with Crippen LogP contribution in [-0.2, 0) is 4.74 Å². The highest BCUT2D eigenvalue weighted by Gasteiger charge is 2.23. The molecule has 0 aromatic heterocycles. The molecule has 0 aliphatic heterocycles. The highest BCUT2D eigenvalue weighted by atomic mass is 79.9. The minimum Gasteiger partial charge on any atom is -0.372 e. The van der Waals surface area contributed by atoms with Crippen molar-refractivity contribution in [3.8, 4) is 0 Å². The van der Waals surface area contributed by atoms with Crippen LogP contribution >= 0.6 is 15.9 Å². The summed E-state index contributed by atoms with van der Waals surface area (Å²) in [7, 11) is 0. The van der Waals surface area contributed by atoms with E-state index in [4.69, 9.17) is 4.74 Å². The Morgan fingerprint density at radius 3 is 2.75 bits per heavy atom. The number of hydrogen-bond donors (Lipinski definition) is 1. The van der Waals surface area contributed by atoms with E-state index in [2.05, 4.69) is 52.4 Å². The lowest BCUT2D eigenvalue weighted by molar-refractivity contribution is 0.0491. The second-order valence-electron chi connectivity index (χ2n) is 5.62. The van der Waals surface area contributed by atoms with Gasteiger partial charge in [-0.1, -0.05) is 60.3 Å². The van der Waals surface area contributed by atoms with Gasteiger partial charge < -0.3 is 10.1 Å². The van der Waals surface area contributed by atoms with Gasteiger partial charge in [0.15, 0.2) is 0 Å². The highest BCUT2D eigenvalue weighted by molar-refractivity contribution is 9.10. The average molecular weight is 340 g/mol. The molecule has 0 amide bonds. The predicted octanol–water partition coefficient (Wildman–Crippen LogP) is 4.84. The third kappa shape index (κ3) is 5.55. The summed E-state index contributed by atoms with van der Waals surface area (Å²) in [4.78, 5) is 0. The summed E-state index contributed by atoms with van der Waals surface area (Å²) < 4.78 is 7.29. The molecule has 0 heterocycles. The fourth-order valence-corrected chi connectivity index (χ4v) is 2.85.